The molecule has 19 heavy (non-hydrogen) atoms. The first-order valence-electron chi connectivity index (χ1n) is 5.61. The molecule has 0 aliphatic heterocycles. The fraction of sp³-hybridized carbons (Fsp3) is 0.250. The van der Waals surface area contributed by atoms with Gasteiger partial charge in [-0.2, -0.15) is 4.98 Å². The number of nitrogens with zero attached hydrogens (tertiary/aromatic N) is 2. The predicted molar refractivity (Wildman–Crippen MR) is 68.2 cm³/mol. The Hall–Kier alpha value is -2.57. The molecule has 0 radical (unpaired) electrons. The monoisotopic (exact) mass is 263 g/mol. The number of hydrogen-bond acceptors (Lipinski definition) is 6. The van der Waals surface area contributed by atoms with E-state index in [4.69, 9.17) is 9.15 Å². The van der Waals surface area contributed by atoms with Crippen LogP contribution in [0.2, 0.25) is 0 Å². The third-order valence-corrected chi connectivity index (χ3v) is 2.58. The third-order valence-electron chi connectivity index (χ3n) is 2.58. The number of rotatable bonds is 5. The van der Waals surface area contributed by atoms with Crippen molar-refractivity contribution in [3.05, 3.63) is 46.4 Å². The third kappa shape index (κ3) is 2.82. The maximum absolute atomic E-state index is 11.0. The van der Waals surface area contributed by atoms with E-state index in [0.717, 1.165) is 0 Å². The number of ether oxygens (including phenoxy) is 1. The standard InChI is InChI=1S/C12H13N3O4/c1-8(10-4-3-7-19-10)13-12-9(15(16)17)5-6-11(14-12)18-2/h3-8H,1-2H3,(H,13,14). The molecule has 0 saturated heterocycles. The van der Waals surface area contributed by atoms with E-state index in [1.165, 1.54) is 19.2 Å². The summed E-state index contributed by atoms with van der Waals surface area (Å²) in [5.41, 5.74) is -0.112. The Bertz CT molecular complexity index is 568. The first-order valence-corrected chi connectivity index (χ1v) is 5.61. The van der Waals surface area contributed by atoms with Crippen LogP contribution >= 0.6 is 0 Å². The minimum atomic E-state index is -0.496. The molecule has 2 aromatic rings. The zero-order chi connectivity index (χ0) is 13.8. The van der Waals surface area contributed by atoms with Crippen molar-refractivity contribution in [1.29, 1.82) is 0 Å². The highest BCUT2D eigenvalue weighted by atomic mass is 16.6. The summed E-state index contributed by atoms with van der Waals surface area (Å²) in [6.07, 6.45) is 1.54. The van der Waals surface area contributed by atoms with E-state index in [2.05, 4.69) is 10.3 Å². The van der Waals surface area contributed by atoms with Gasteiger partial charge in [0.25, 0.3) is 0 Å². The number of pyridine rings is 1. The van der Waals surface area contributed by atoms with Crippen LogP contribution in [0.4, 0.5) is 11.5 Å². The summed E-state index contributed by atoms with van der Waals surface area (Å²) < 4.78 is 10.2. The fourth-order valence-electron chi connectivity index (χ4n) is 1.61. The Morgan fingerprint density at radius 1 is 1.47 bits per heavy atom. The smallest absolute Gasteiger partial charge is 0.311 e. The summed E-state index contributed by atoms with van der Waals surface area (Å²) in [6, 6.07) is 6.09. The second-order valence-electron chi connectivity index (χ2n) is 3.86. The van der Waals surface area contributed by atoms with Gasteiger partial charge in [0.15, 0.2) is 0 Å². The van der Waals surface area contributed by atoms with Gasteiger partial charge >= 0.3 is 5.69 Å². The molecule has 2 aromatic heterocycles. The molecule has 100 valence electrons. The lowest BCUT2D eigenvalue weighted by Gasteiger charge is -2.12. The molecule has 2 heterocycles. The molecule has 0 aliphatic carbocycles. The van der Waals surface area contributed by atoms with Crippen molar-refractivity contribution in [2.45, 2.75) is 13.0 Å². The SMILES string of the molecule is COc1ccc([N+](=O)[O-])c(NC(C)c2ccco2)n1. The van der Waals surface area contributed by atoms with Gasteiger partial charge in [-0.25, -0.2) is 0 Å². The van der Waals surface area contributed by atoms with Gasteiger partial charge in [-0.05, 0) is 19.1 Å². The lowest BCUT2D eigenvalue weighted by Crippen LogP contribution is -2.09. The molecule has 0 aromatic carbocycles. The second-order valence-corrected chi connectivity index (χ2v) is 3.86. The zero-order valence-corrected chi connectivity index (χ0v) is 10.5. The number of nitrogens with one attached hydrogen (secondary N) is 1. The molecule has 0 amide bonds. The Balaban J connectivity index is 2.29. The van der Waals surface area contributed by atoms with E-state index >= 15 is 0 Å². The van der Waals surface area contributed by atoms with E-state index in [-0.39, 0.29) is 17.5 Å². The lowest BCUT2D eigenvalue weighted by molar-refractivity contribution is -0.384. The Kier molecular flexibility index (Phi) is 3.65. The highest BCUT2D eigenvalue weighted by molar-refractivity contribution is 5.57. The summed E-state index contributed by atoms with van der Waals surface area (Å²) in [6.45, 7) is 1.82. The lowest BCUT2D eigenvalue weighted by atomic mass is 10.2. The maximum Gasteiger partial charge on any atom is 0.311 e. The van der Waals surface area contributed by atoms with Crippen molar-refractivity contribution < 1.29 is 14.1 Å². The van der Waals surface area contributed by atoms with Gasteiger partial charge < -0.3 is 14.5 Å². The van der Waals surface area contributed by atoms with E-state index in [1.807, 2.05) is 6.92 Å². The number of anilines is 1. The van der Waals surface area contributed by atoms with Gasteiger partial charge in [0.05, 0.1) is 24.3 Å². The van der Waals surface area contributed by atoms with Crippen LogP contribution in [0.3, 0.4) is 0 Å². The molecule has 0 fully saturated rings. The molecule has 1 unspecified atom stereocenters. The topological polar surface area (TPSA) is 90.4 Å². The van der Waals surface area contributed by atoms with Crippen LogP contribution in [-0.2, 0) is 0 Å². The predicted octanol–water partition coefficient (Wildman–Crippen LogP) is 2.76. The number of methoxy groups -OCH3 is 1. The quantitative estimate of drug-likeness (QED) is 0.658. The average molecular weight is 263 g/mol. The number of aromatic nitrogens is 1. The van der Waals surface area contributed by atoms with Crippen molar-refractivity contribution in [2.24, 2.45) is 0 Å². The van der Waals surface area contributed by atoms with E-state index < -0.39 is 4.92 Å². The minimum absolute atomic E-state index is 0.112. The van der Waals surface area contributed by atoms with E-state index in [9.17, 15) is 10.1 Å². The average Bonchev–Trinajstić information content (AvgIpc) is 2.92. The molecule has 0 spiro atoms. The Labute approximate surface area is 109 Å². The molecule has 0 aliphatic rings. The fourth-order valence-corrected chi connectivity index (χ4v) is 1.61. The molecule has 1 N–H and O–H groups in total. The van der Waals surface area contributed by atoms with Gasteiger partial charge in [-0.3, -0.25) is 10.1 Å². The van der Waals surface area contributed by atoms with Crippen LogP contribution in [0.25, 0.3) is 0 Å². The van der Waals surface area contributed by atoms with E-state index in [0.29, 0.717) is 11.6 Å². The van der Waals surface area contributed by atoms with Crippen molar-refractivity contribution >= 4 is 11.5 Å². The highest BCUT2D eigenvalue weighted by Crippen LogP contribution is 2.28. The molecule has 0 bridgehead atoms. The number of hydrogen-bond donors (Lipinski definition) is 1. The first kappa shape index (κ1) is 12.9. The zero-order valence-electron chi connectivity index (χ0n) is 10.5. The van der Waals surface area contributed by atoms with Crippen LogP contribution < -0.4 is 10.1 Å². The molecule has 2 rings (SSSR count). The van der Waals surface area contributed by atoms with Crippen LogP contribution in [0.5, 0.6) is 5.88 Å². The van der Waals surface area contributed by atoms with Crippen LogP contribution in [0.1, 0.15) is 18.7 Å². The van der Waals surface area contributed by atoms with Gasteiger partial charge in [0, 0.05) is 12.1 Å². The summed E-state index contributed by atoms with van der Waals surface area (Å²) >= 11 is 0. The van der Waals surface area contributed by atoms with Gasteiger partial charge in [0.1, 0.15) is 5.76 Å². The summed E-state index contributed by atoms with van der Waals surface area (Å²) in [4.78, 5) is 14.5. The minimum Gasteiger partial charge on any atom is -0.481 e. The first-order chi connectivity index (χ1) is 9.11. The normalized spacial score (nSPS) is 11.9. The second kappa shape index (κ2) is 5.38. The van der Waals surface area contributed by atoms with Crippen molar-refractivity contribution in [1.82, 2.24) is 4.98 Å². The Morgan fingerprint density at radius 3 is 2.84 bits per heavy atom. The largest absolute Gasteiger partial charge is 0.481 e. The molecular weight excluding hydrogens is 250 g/mol. The maximum atomic E-state index is 11.0. The van der Waals surface area contributed by atoms with Crippen LogP contribution in [-0.4, -0.2) is 17.0 Å². The summed E-state index contributed by atoms with van der Waals surface area (Å²) in [5.74, 6) is 1.12. The number of nitro groups is 1. The highest BCUT2D eigenvalue weighted by Gasteiger charge is 2.19. The van der Waals surface area contributed by atoms with Crippen molar-refractivity contribution in [3.63, 3.8) is 0 Å². The molecule has 0 saturated carbocycles. The summed E-state index contributed by atoms with van der Waals surface area (Å²) in [5, 5.41) is 13.9. The molecule has 7 nitrogen and oxygen atoms in total. The molecule has 7 heteroatoms. The van der Waals surface area contributed by atoms with Gasteiger partial charge in [-0.15, -0.1) is 0 Å². The van der Waals surface area contributed by atoms with Gasteiger partial charge in [-0.1, -0.05) is 0 Å². The number of furan rings is 1. The Morgan fingerprint density at radius 2 is 2.26 bits per heavy atom. The van der Waals surface area contributed by atoms with Crippen molar-refractivity contribution in [2.75, 3.05) is 12.4 Å². The van der Waals surface area contributed by atoms with Crippen LogP contribution in [0, 0.1) is 10.1 Å². The molecular formula is C12H13N3O4. The van der Waals surface area contributed by atoms with Crippen LogP contribution in [0.15, 0.2) is 34.9 Å². The molecule has 1 atom stereocenters. The summed E-state index contributed by atoms with van der Waals surface area (Å²) in [7, 11) is 1.45. The van der Waals surface area contributed by atoms with Gasteiger partial charge in [0.2, 0.25) is 11.7 Å². The van der Waals surface area contributed by atoms with E-state index in [1.54, 1.807) is 18.4 Å². The van der Waals surface area contributed by atoms with Crippen molar-refractivity contribution in [3.8, 4) is 5.88 Å².